The molecule has 0 bridgehead atoms. The zero-order valence-electron chi connectivity index (χ0n) is 16.0. The van der Waals surface area contributed by atoms with Gasteiger partial charge in [-0.2, -0.15) is 5.10 Å². The van der Waals surface area contributed by atoms with E-state index in [1.54, 1.807) is 11.7 Å². The summed E-state index contributed by atoms with van der Waals surface area (Å²) >= 11 is 0. The first-order valence-electron chi connectivity index (χ1n) is 9.19. The molecule has 0 spiro atoms. The summed E-state index contributed by atoms with van der Waals surface area (Å²) in [6.45, 7) is 0. The van der Waals surface area contributed by atoms with Crippen LogP contribution in [0.15, 0.2) is 66.9 Å². The average molecular weight is 390 g/mol. The normalized spacial score (nSPS) is 11.6. The first kappa shape index (κ1) is 20.0. The van der Waals surface area contributed by atoms with Crippen LogP contribution in [-0.4, -0.2) is 33.4 Å². The van der Waals surface area contributed by atoms with Crippen molar-refractivity contribution in [3.05, 3.63) is 89.2 Å². The smallest absolute Gasteiger partial charge is 0.287 e. The van der Waals surface area contributed by atoms with Gasteiger partial charge in [0, 0.05) is 19.9 Å². The minimum atomic E-state index is -1.08. The highest BCUT2D eigenvalue weighted by atomic mass is 16.2. The van der Waals surface area contributed by atoms with E-state index < -0.39 is 23.6 Å². The number of rotatable bonds is 8. The number of benzene rings is 2. The molecule has 1 atom stereocenters. The number of hydrogen-bond donors (Lipinski definition) is 2. The largest absolute Gasteiger partial charge is 0.363 e. The molecule has 0 fully saturated rings. The summed E-state index contributed by atoms with van der Waals surface area (Å²) in [6.07, 6.45) is 2.14. The summed E-state index contributed by atoms with van der Waals surface area (Å²) in [5.41, 5.74) is 8.08. The number of hydrogen-bond acceptors (Lipinski definition) is 4. The zero-order valence-corrected chi connectivity index (χ0v) is 16.0. The van der Waals surface area contributed by atoms with Crippen molar-refractivity contribution in [1.29, 1.82) is 0 Å². The highest BCUT2D eigenvalue weighted by molar-refractivity contribution is 6.38. The van der Waals surface area contributed by atoms with E-state index in [9.17, 15) is 14.4 Å². The van der Waals surface area contributed by atoms with Gasteiger partial charge >= 0.3 is 0 Å². The number of nitrogens with zero attached hydrogens (tertiary/aromatic N) is 2. The van der Waals surface area contributed by atoms with E-state index in [4.69, 9.17) is 5.73 Å². The molecule has 7 nitrogen and oxygen atoms in total. The maximum absolute atomic E-state index is 12.9. The number of amides is 2. The number of primary amides is 1. The fraction of sp³-hybridized carbons (Fsp3) is 0.182. The second-order valence-corrected chi connectivity index (χ2v) is 6.74. The van der Waals surface area contributed by atoms with Crippen molar-refractivity contribution in [2.75, 3.05) is 0 Å². The van der Waals surface area contributed by atoms with Crippen molar-refractivity contribution in [2.45, 2.75) is 18.9 Å². The molecule has 0 aliphatic rings. The maximum Gasteiger partial charge on any atom is 0.287 e. The average Bonchev–Trinajstić information content (AvgIpc) is 3.08. The highest BCUT2D eigenvalue weighted by Crippen LogP contribution is 2.14. The van der Waals surface area contributed by atoms with Crippen LogP contribution in [0.25, 0.3) is 0 Å². The summed E-state index contributed by atoms with van der Waals surface area (Å²) < 4.78 is 1.63. The molecular formula is C22H22N4O3. The number of aromatic nitrogens is 2. The van der Waals surface area contributed by atoms with Crippen LogP contribution in [0.1, 0.15) is 27.2 Å². The lowest BCUT2D eigenvalue weighted by atomic mass is 10.0. The summed E-state index contributed by atoms with van der Waals surface area (Å²) in [5.74, 6) is -2.39. The van der Waals surface area contributed by atoms with Crippen LogP contribution in [0.4, 0.5) is 0 Å². The summed E-state index contributed by atoms with van der Waals surface area (Å²) in [5, 5.41) is 6.84. The predicted molar refractivity (Wildman–Crippen MR) is 108 cm³/mol. The first-order chi connectivity index (χ1) is 14.0. The fourth-order valence-electron chi connectivity index (χ4n) is 3.12. The van der Waals surface area contributed by atoms with Crippen molar-refractivity contribution in [1.82, 2.24) is 15.1 Å². The molecule has 0 aliphatic carbocycles. The Morgan fingerprint density at radius 2 is 1.59 bits per heavy atom. The Kier molecular flexibility index (Phi) is 6.19. The van der Waals surface area contributed by atoms with Crippen LogP contribution in [0.2, 0.25) is 0 Å². The first-order valence-corrected chi connectivity index (χ1v) is 9.19. The molecule has 3 rings (SSSR count). The molecule has 7 heteroatoms. The van der Waals surface area contributed by atoms with Crippen LogP contribution < -0.4 is 11.1 Å². The van der Waals surface area contributed by atoms with E-state index in [2.05, 4.69) is 10.4 Å². The van der Waals surface area contributed by atoms with E-state index in [1.807, 2.05) is 60.7 Å². The zero-order chi connectivity index (χ0) is 20.8. The maximum atomic E-state index is 12.9. The molecule has 0 saturated heterocycles. The van der Waals surface area contributed by atoms with Crippen molar-refractivity contribution in [3.63, 3.8) is 0 Å². The number of nitrogens with two attached hydrogens (primary N) is 1. The van der Waals surface area contributed by atoms with Crippen molar-refractivity contribution in [3.8, 4) is 0 Å². The predicted octanol–water partition coefficient (Wildman–Crippen LogP) is 1.41. The Morgan fingerprint density at radius 1 is 1.00 bits per heavy atom. The van der Waals surface area contributed by atoms with Gasteiger partial charge in [-0.1, -0.05) is 60.7 Å². The van der Waals surface area contributed by atoms with Crippen LogP contribution >= 0.6 is 0 Å². The Hall–Kier alpha value is -3.74. The Labute approximate surface area is 168 Å². The molecule has 1 unspecified atom stereocenters. The van der Waals surface area contributed by atoms with E-state index in [0.29, 0.717) is 17.7 Å². The SMILES string of the molecule is Cn1ncc(C(=O)NC(Cc2ccccc2)C(=O)C(N)=O)c1Cc1ccccc1. The van der Waals surface area contributed by atoms with Gasteiger partial charge in [0.15, 0.2) is 0 Å². The van der Waals surface area contributed by atoms with Gasteiger partial charge in [-0.25, -0.2) is 0 Å². The Morgan fingerprint density at radius 3 is 2.17 bits per heavy atom. The molecule has 3 aromatic rings. The lowest BCUT2D eigenvalue weighted by Crippen LogP contribution is -2.47. The number of carbonyl (C=O) groups is 3. The van der Waals surface area contributed by atoms with Gasteiger partial charge in [-0.3, -0.25) is 19.1 Å². The van der Waals surface area contributed by atoms with Gasteiger partial charge in [0.2, 0.25) is 5.78 Å². The lowest BCUT2D eigenvalue weighted by Gasteiger charge is -2.16. The fourth-order valence-corrected chi connectivity index (χ4v) is 3.12. The molecule has 2 amide bonds. The molecule has 0 saturated carbocycles. The number of aryl methyl sites for hydroxylation is 1. The third kappa shape index (κ3) is 4.95. The summed E-state index contributed by atoms with van der Waals surface area (Å²) in [6, 6.07) is 17.8. The quantitative estimate of drug-likeness (QED) is 0.567. The van der Waals surface area contributed by atoms with E-state index in [0.717, 1.165) is 11.1 Å². The second-order valence-electron chi connectivity index (χ2n) is 6.74. The van der Waals surface area contributed by atoms with Crippen molar-refractivity contribution in [2.24, 2.45) is 12.8 Å². The molecule has 2 aromatic carbocycles. The molecule has 148 valence electrons. The van der Waals surface area contributed by atoms with E-state index in [-0.39, 0.29) is 6.42 Å². The summed E-state index contributed by atoms with van der Waals surface area (Å²) in [7, 11) is 1.76. The minimum absolute atomic E-state index is 0.169. The third-order valence-electron chi connectivity index (χ3n) is 4.67. The van der Waals surface area contributed by atoms with Crippen LogP contribution in [0, 0.1) is 0 Å². The third-order valence-corrected chi connectivity index (χ3v) is 4.67. The van der Waals surface area contributed by atoms with E-state index >= 15 is 0 Å². The standard InChI is InChI=1S/C22H22N4O3/c1-26-19(13-16-10-6-3-7-11-16)17(14-24-26)22(29)25-18(20(27)21(23)28)12-15-8-4-2-5-9-15/h2-11,14,18H,12-13H2,1H3,(H2,23,28)(H,25,29). The second kappa shape index (κ2) is 8.97. The number of carbonyl (C=O) groups excluding carboxylic acids is 3. The van der Waals surface area contributed by atoms with Crippen LogP contribution in [0.3, 0.4) is 0 Å². The van der Waals surface area contributed by atoms with Crippen LogP contribution in [0.5, 0.6) is 0 Å². The topological polar surface area (TPSA) is 107 Å². The molecule has 1 heterocycles. The number of nitrogens with one attached hydrogen (secondary N) is 1. The van der Waals surface area contributed by atoms with Gasteiger partial charge in [0.05, 0.1) is 17.5 Å². The van der Waals surface area contributed by atoms with Gasteiger partial charge in [0.25, 0.3) is 11.8 Å². The lowest BCUT2D eigenvalue weighted by molar-refractivity contribution is -0.137. The molecule has 1 aromatic heterocycles. The van der Waals surface area contributed by atoms with Gasteiger partial charge < -0.3 is 11.1 Å². The minimum Gasteiger partial charge on any atom is -0.363 e. The molecule has 29 heavy (non-hydrogen) atoms. The van der Waals surface area contributed by atoms with Gasteiger partial charge in [-0.15, -0.1) is 0 Å². The number of ketones is 1. The van der Waals surface area contributed by atoms with Crippen molar-refractivity contribution < 1.29 is 14.4 Å². The molecular weight excluding hydrogens is 368 g/mol. The Balaban J connectivity index is 1.82. The molecule has 3 N–H and O–H groups in total. The highest BCUT2D eigenvalue weighted by Gasteiger charge is 2.27. The number of Topliss-reactive ketones (excluding diaryl/α,β-unsaturated/α-hetero) is 1. The van der Waals surface area contributed by atoms with E-state index in [1.165, 1.54) is 6.20 Å². The molecule has 0 aliphatic heterocycles. The van der Waals surface area contributed by atoms with Crippen LogP contribution in [-0.2, 0) is 29.5 Å². The van der Waals surface area contributed by atoms with Gasteiger partial charge in [-0.05, 0) is 11.1 Å². The van der Waals surface area contributed by atoms with Crippen molar-refractivity contribution >= 4 is 17.6 Å². The Bertz CT molecular complexity index is 1010. The van der Waals surface area contributed by atoms with Gasteiger partial charge in [0.1, 0.15) is 6.04 Å². The summed E-state index contributed by atoms with van der Waals surface area (Å²) in [4.78, 5) is 36.7. The monoisotopic (exact) mass is 390 g/mol. The molecule has 0 radical (unpaired) electrons.